The molecule has 0 aliphatic carbocycles. The molecule has 0 amide bonds. The summed E-state index contributed by atoms with van der Waals surface area (Å²) in [5, 5.41) is 3.21. The maximum Gasteiger partial charge on any atom is 0.240 e. The lowest BCUT2D eigenvalue weighted by molar-refractivity contribution is 0.122. The Bertz CT molecular complexity index is 529. The summed E-state index contributed by atoms with van der Waals surface area (Å²) in [6.45, 7) is 7.44. The molecule has 1 unspecified atom stereocenters. The molecule has 1 atom stereocenters. The van der Waals surface area contributed by atoms with Gasteiger partial charge in [-0.2, -0.15) is 0 Å². The molecule has 0 saturated heterocycles. The van der Waals surface area contributed by atoms with Crippen LogP contribution in [0.1, 0.15) is 25.0 Å². The molecule has 0 saturated carbocycles. The number of hydrogen-bond acceptors (Lipinski definition) is 4. The van der Waals surface area contributed by atoms with Gasteiger partial charge >= 0.3 is 0 Å². The van der Waals surface area contributed by atoms with Crippen LogP contribution in [0.3, 0.4) is 0 Å². The number of ether oxygens (including phenoxy) is 1. The van der Waals surface area contributed by atoms with Gasteiger partial charge in [0.2, 0.25) is 10.0 Å². The van der Waals surface area contributed by atoms with Gasteiger partial charge in [0.25, 0.3) is 0 Å². The first-order chi connectivity index (χ1) is 9.42. The van der Waals surface area contributed by atoms with Crippen LogP contribution in [0.2, 0.25) is 0 Å². The molecule has 0 heterocycles. The van der Waals surface area contributed by atoms with Crippen LogP contribution in [0.4, 0.5) is 0 Å². The molecule has 0 aliphatic heterocycles. The summed E-state index contributed by atoms with van der Waals surface area (Å²) >= 11 is 0. The molecule has 0 spiro atoms. The Hall–Kier alpha value is -0.950. The third kappa shape index (κ3) is 4.56. The van der Waals surface area contributed by atoms with Gasteiger partial charge in [-0.25, -0.2) is 13.1 Å². The summed E-state index contributed by atoms with van der Waals surface area (Å²) in [6, 6.07) is 5.34. The molecule has 0 radical (unpaired) electrons. The predicted octanol–water partition coefficient (Wildman–Crippen LogP) is 1.42. The largest absolute Gasteiger partial charge is 0.380 e. The van der Waals surface area contributed by atoms with E-state index in [1.807, 2.05) is 26.8 Å². The fourth-order valence-corrected chi connectivity index (χ4v) is 3.19. The summed E-state index contributed by atoms with van der Waals surface area (Å²) in [5.74, 6) is 0. The van der Waals surface area contributed by atoms with Gasteiger partial charge in [0.05, 0.1) is 11.0 Å². The van der Waals surface area contributed by atoms with Gasteiger partial charge in [0.15, 0.2) is 0 Å². The van der Waals surface area contributed by atoms with Crippen LogP contribution in [-0.2, 0) is 21.3 Å². The van der Waals surface area contributed by atoms with Crippen LogP contribution >= 0.6 is 0 Å². The fourth-order valence-electron chi connectivity index (χ4n) is 1.79. The van der Waals surface area contributed by atoms with Crippen LogP contribution in [0.5, 0.6) is 0 Å². The first kappa shape index (κ1) is 17.1. The van der Waals surface area contributed by atoms with E-state index in [0.29, 0.717) is 11.4 Å². The zero-order valence-corrected chi connectivity index (χ0v) is 13.4. The molecule has 2 N–H and O–H groups in total. The minimum absolute atomic E-state index is 0.157. The molecular formula is C14H24N2O3S. The monoisotopic (exact) mass is 300 g/mol. The van der Waals surface area contributed by atoms with E-state index in [-0.39, 0.29) is 12.6 Å². The van der Waals surface area contributed by atoms with Crippen LogP contribution in [0.25, 0.3) is 0 Å². The van der Waals surface area contributed by atoms with Crippen molar-refractivity contribution >= 4 is 10.0 Å². The molecular weight excluding hydrogens is 276 g/mol. The van der Waals surface area contributed by atoms with E-state index in [4.69, 9.17) is 4.74 Å². The van der Waals surface area contributed by atoms with Crippen LogP contribution in [0, 0.1) is 6.92 Å². The second kappa shape index (κ2) is 7.73. The minimum atomic E-state index is -3.50. The average Bonchev–Trinajstić information content (AvgIpc) is 2.43. The number of rotatable bonds is 8. The first-order valence-electron chi connectivity index (χ1n) is 6.74. The average molecular weight is 300 g/mol. The Morgan fingerprint density at radius 1 is 1.35 bits per heavy atom. The van der Waals surface area contributed by atoms with Gasteiger partial charge < -0.3 is 10.1 Å². The molecule has 20 heavy (non-hydrogen) atoms. The van der Waals surface area contributed by atoms with E-state index < -0.39 is 10.0 Å². The third-order valence-corrected chi connectivity index (χ3v) is 4.78. The van der Waals surface area contributed by atoms with E-state index >= 15 is 0 Å². The second-order valence-corrected chi connectivity index (χ2v) is 6.45. The highest BCUT2D eigenvalue weighted by atomic mass is 32.2. The topological polar surface area (TPSA) is 67.4 Å². The summed E-state index contributed by atoms with van der Waals surface area (Å²) in [4.78, 5) is 0.330. The highest BCUT2D eigenvalue weighted by Gasteiger charge is 2.18. The molecule has 5 nitrogen and oxygen atoms in total. The molecule has 0 bridgehead atoms. The molecule has 114 valence electrons. The lowest BCUT2D eigenvalue weighted by Gasteiger charge is -2.15. The third-order valence-electron chi connectivity index (χ3n) is 3.21. The highest BCUT2D eigenvalue weighted by Crippen LogP contribution is 2.18. The Morgan fingerprint density at radius 2 is 2.05 bits per heavy atom. The van der Waals surface area contributed by atoms with Gasteiger partial charge in [-0.3, -0.25) is 0 Å². The van der Waals surface area contributed by atoms with Crippen molar-refractivity contribution < 1.29 is 13.2 Å². The number of methoxy groups -OCH3 is 1. The molecule has 1 rings (SSSR count). The van der Waals surface area contributed by atoms with Crippen LogP contribution in [-0.4, -0.2) is 34.7 Å². The van der Waals surface area contributed by atoms with E-state index in [1.165, 1.54) is 0 Å². The normalized spacial score (nSPS) is 13.4. The second-order valence-electron chi connectivity index (χ2n) is 4.72. The highest BCUT2D eigenvalue weighted by molar-refractivity contribution is 7.89. The zero-order chi connectivity index (χ0) is 15.2. The van der Waals surface area contributed by atoms with Gasteiger partial charge in [-0.05, 0) is 37.6 Å². The summed E-state index contributed by atoms with van der Waals surface area (Å²) in [5.41, 5.74) is 1.78. The van der Waals surface area contributed by atoms with E-state index in [1.54, 1.807) is 19.2 Å². The number of benzene rings is 1. The lowest BCUT2D eigenvalue weighted by atomic mass is 10.1. The van der Waals surface area contributed by atoms with E-state index in [9.17, 15) is 8.42 Å². The maximum atomic E-state index is 12.3. The maximum absolute atomic E-state index is 12.3. The minimum Gasteiger partial charge on any atom is -0.380 e. The van der Waals surface area contributed by atoms with Gasteiger partial charge in [-0.1, -0.05) is 19.1 Å². The van der Waals surface area contributed by atoms with E-state index in [0.717, 1.165) is 17.7 Å². The molecule has 0 fully saturated rings. The number of nitrogens with one attached hydrogen (secondary N) is 2. The number of sulfonamides is 1. The smallest absolute Gasteiger partial charge is 0.240 e. The molecule has 0 aromatic heterocycles. The van der Waals surface area contributed by atoms with Gasteiger partial charge in [0, 0.05) is 20.2 Å². The molecule has 6 heteroatoms. The SMILES string of the molecule is CCNCc1cccc(S(=O)(=O)NCC(C)OC)c1C. The van der Waals surface area contributed by atoms with Crippen LogP contribution < -0.4 is 10.0 Å². The molecule has 1 aromatic carbocycles. The summed E-state index contributed by atoms with van der Waals surface area (Å²) in [6.07, 6.45) is -0.157. The van der Waals surface area contributed by atoms with Crippen LogP contribution in [0.15, 0.2) is 23.1 Å². The van der Waals surface area contributed by atoms with Crippen molar-refractivity contribution in [3.8, 4) is 0 Å². The molecule has 1 aromatic rings. The van der Waals surface area contributed by atoms with Crippen molar-refractivity contribution in [3.63, 3.8) is 0 Å². The predicted molar refractivity (Wildman–Crippen MR) is 80.2 cm³/mol. The van der Waals surface area contributed by atoms with Crippen molar-refractivity contribution in [2.45, 2.75) is 38.3 Å². The zero-order valence-electron chi connectivity index (χ0n) is 12.6. The van der Waals surface area contributed by atoms with Crippen molar-refractivity contribution in [2.24, 2.45) is 0 Å². The van der Waals surface area contributed by atoms with Gasteiger partial charge in [0.1, 0.15) is 0 Å². The van der Waals surface area contributed by atoms with Crippen molar-refractivity contribution in [1.82, 2.24) is 10.0 Å². The Labute approximate surface area is 121 Å². The molecule has 0 aliphatic rings. The van der Waals surface area contributed by atoms with Crippen molar-refractivity contribution in [1.29, 1.82) is 0 Å². The Morgan fingerprint density at radius 3 is 2.65 bits per heavy atom. The summed E-state index contributed by atoms with van der Waals surface area (Å²) in [7, 11) is -1.94. The number of hydrogen-bond donors (Lipinski definition) is 2. The van der Waals surface area contributed by atoms with Crippen molar-refractivity contribution in [2.75, 3.05) is 20.2 Å². The quantitative estimate of drug-likeness (QED) is 0.762. The fraction of sp³-hybridized carbons (Fsp3) is 0.571. The van der Waals surface area contributed by atoms with E-state index in [2.05, 4.69) is 10.0 Å². The Kier molecular flexibility index (Phi) is 6.61. The van der Waals surface area contributed by atoms with Gasteiger partial charge in [-0.15, -0.1) is 0 Å². The summed E-state index contributed by atoms with van der Waals surface area (Å²) < 4.78 is 32.3. The lowest BCUT2D eigenvalue weighted by Crippen LogP contribution is -2.32. The van der Waals surface area contributed by atoms with Crippen molar-refractivity contribution in [3.05, 3.63) is 29.3 Å². The first-order valence-corrected chi connectivity index (χ1v) is 8.22. The Balaban J connectivity index is 2.94. The standard InChI is InChI=1S/C14H24N2O3S/c1-5-15-10-13-7-6-8-14(12(13)3)20(17,18)16-9-11(2)19-4/h6-8,11,15-16H,5,9-10H2,1-4H3.